The summed E-state index contributed by atoms with van der Waals surface area (Å²) in [5.74, 6) is 0.395. The molecule has 4 nitrogen and oxygen atoms in total. The number of methoxy groups -OCH3 is 1. The van der Waals surface area contributed by atoms with Gasteiger partial charge in [-0.3, -0.25) is 0 Å². The van der Waals surface area contributed by atoms with Crippen molar-refractivity contribution in [1.82, 2.24) is 9.97 Å². The molecule has 0 aliphatic rings. The molecule has 3 N–H and O–H groups in total. The second-order valence-corrected chi connectivity index (χ2v) is 4.21. The Labute approximate surface area is 109 Å². The highest BCUT2D eigenvalue weighted by Gasteiger charge is 2.09. The lowest BCUT2D eigenvalue weighted by Gasteiger charge is -2.02. The number of ether oxygens (including phenoxy) is 1. The van der Waals surface area contributed by atoms with Gasteiger partial charge >= 0.3 is 0 Å². The summed E-state index contributed by atoms with van der Waals surface area (Å²) in [5, 5.41) is 0. The van der Waals surface area contributed by atoms with Gasteiger partial charge in [0.1, 0.15) is 5.82 Å². The molecule has 1 aromatic heterocycles. The third kappa shape index (κ3) is 1.99. The molecule has 0 aliphatic carbocycles. The van der Waals surface area contributed by atoms with Crippen LogP contribution in [0.5, 0.6) is 5.75 Å². The maximum absolute atomic E-state index is 13.7. The Morgan fingerprint density at radius 3 is 2.79 bits per heavy atom. The lowest BCUT2D eigenvalue weighted by Crippen LogP contribution is -1.89. The summed E-state index contributed by atoms with van der Waals surface area (Å²) in [6, 6.07) is 10.1. The fraction of sp³-hybridized carbons (Fsp3) is 0.0714. The van der Waals surface area contributed by atoms with Crippen molar-refractivity contribution in [1.29, 1.82) is 0 Å². The van der Waals surface area contributed by atoms with Gasteiger partial charge in [-0.1, -0.05) is 0 Å². The summed E-state index contributed by atoms with van der Waals surface area (Å²) in [4.78, 5) is 7.52. The summed E-state index contributed by atoms with van der Waals surface area (Å²) < 4.78 is 18.6. The number of aromatic nitrogens is 2. The van der Waals surface area contributed by atoms with Gasteiger partial charge < -0.3 is 15.5 Å². The molecule has 0 fully saturated rings. The van der Waals surface area contributed by atoms with Crippen LogP contribution in [0.2, 0.25) is 0 Å². The van der Waals surface area contributed by atoms with E-state index in [1.165, 1.54) is 13.2 Å². The Bertz CT molecular complexity index is 752. The number of aromatic amines is 1. The number of halogens is 1. The van der Waals surface area contributed by atoms with Crippen LogP contribution in [0.3, 0.4) is 0 Å². The van der Waals surface area contributed by atoms with E-state index in [9.17, 15) is 4.39 Å². The summed E-state index contributed by atoms with van der Waals surface area (Å²) in [6.45, 7) is 0. The van der Waals surface area contributed by atoms with Gasteiger partial charge in [0.25, 0.3) is 0 Å². The normalized spacial score (nSPS) is 10.8. The summed E-state index contributed by atoms with van der Waals surface area (Å²) in [5.41, 5.74) is 8.64. The highest BCUT2D eigenvalue weighted by molar-refractivity contribution is 5.82. The van der Waals surface area contributed by atoms with Crippen molar-refractivity contribution in [3.63, 3.8) is 0 Å². The summed E-state index contributed by atoms with van der Waals surface area (Å²) in [7, 11) is 1.43. The molecule has 3 aromatic rings. The molecule has 1 heterocycles. The van der Waals surface area contributed by atoms with Crippen LogP contribution in [0.1, 0.15) is 0 Å². The Hall–Kier alpha value is -2.56. The van der Waals surface area contributed by atoms with Crippen molar-refractivity contribution in [2.24, 2.45) is 0 Å². The Morgan fingerprint density at radius 1 is 1.21 bits per heavy atom. The Morgan fingerprint density at radius 2 is 2.05 bits per heavy atom. The van der Waals surface area contributed by atoms with Crippen molar-refractivity contribution >= 4 is 16.7 Å². The van der Waals surface area contributed by atoms with Crippen molar-refractivity contribution in [3.8, 4) is 17.1 Å². The first-order chi connectivity index (χ1) is 9.17. The number of fused-ring (bicyclic) bond motifs is 1. The highest BCUT2D eigenvalue weighted by atomic mass is 19.1. The molecule has 0 unspecified atom stereocenters. The van der Waals surface area contributed by atoms with E-state index in [1.54, 1.807) is 24.3 Å². The van der Waals surface area contributed by atoms with E-state index in [2.05, 4.69) is 9.97 Å². The number of hydrogen-bond acceptors (Lipinski definition) is 3. The zero-order chi connectivity index (χ0) is 13.4. The van der Waals surface area contributed by atoms with Crippen LogP contribution in [-0.4, -0.2) is 17.1 Å². The van der Waals surface area contributed by atoms with Crippen molar-refractivity contribution in [2.75, 3.05) is 12.8 Å². The van der Waals surface area contributed by atoms with Crippen LogP contribution >= 0.6 is 0 Å². The molecule has 0 saturated heterocycles. The number of hydrogen-bond donors (Lipinski definition) is 2. The maximum Gasteiger partial charge on any atom is 0.165 e. The van der Waals surface area contributed by atoms with E-state index in [1.807, 2.05) is 6.07 Å². The minimum absolute atomic E-state index is 0.212. The Balaban J connectivity index is 2.11. The number of nitrogens with zero attached hydrogens (tertiary/aromatic N) is 1. The minimum Gasteiger partial charge on any atom is -0.494 e. The standard InChI is InChI=1S/C14H12FN3O/c1-19-13-5-2-8(6-10(13)15)14-17-11-4-3-9(16)7-12(11)18-14/h2-7H,16H2,1H3,(H,17,18). The van der Waals surface area contributed by atoms with E-state index < -0.39 is 5.82 Å². The van der Waals surface area contributed by atoms with Crippen molar-refractivity contribution < 1.29 is 9.13 Å². The predicted octanol–water partition coefficient (Wildman–Crippen LogP) is 2.96. The molecule has 3 rings (SSSR count). The van der Waals surface area contributed by atoms with Gasteiger partial charge in [0.15, 0.2) is 11.6 Å². The van der Waals surface area contributed by atoms with Gasteiger partial charge in [0, 0.05) is 11.3 Å². The molecule has 96 valence electrons. The molecule has 2 aromatic carbocycles. The second kappa shape index (κ2) is 4.28. The lowest BCUT2D eigenvalue weighted by atomic mass is 10.2. The maximum atomic E-state index is 13.7. The number of rotatable bonds is 2. The average Bonchev–Trinajstić information content (AvgIpc) is 2.81. The lowest BCUT2D eigenvalue weighted by molar-refractivity contribution is 0.386. The molecular weight excluding hydrogens is 245 g/mol. The van der Waals surface area contributed by atoms with Crippen LogP contribution in [0, 0.1) is 5.82 Å². The van der Waals surface area contributed by atoms with Gasteiger partial charge in [0.05, 0.1) is 18.1 Å². The van der Waals surface area contributed by atoms with Gasteiger partial charge in [-0.15, -0.1) is 0 Å². The molecule has 0 bridgehead atoms. The van der Waals surface area contributed by atoms with E-state index >= 15 is 0 Å². The van der Waals surface area contributed by atoms with E-state index in [-0.39, 0.29) is 5.75 Å². The topological polar surface area (TPSA) is 63.9 Å². The molecule has 0 saturated carbocycles. The number of imidazole rings is 1. The van der Waals surface area contributed by atoms with Gasteiger partial charge in [-0.05, 0) is 36.4 Å². The largest absolute Gasteiger partial charge is 0.494 e. The fourth-order valence-corrected chi connectivity index (χ4v) is 1.98. The van der Waals surface area contributed by atoms with Gasteiger partial charge in [-0.25, -0.2) is 9.37 Å². The molecular formula is C14H12FN3O. The first kappa shape index (κ1) is 11.5. The van der Waals surface area contributed by atoms with Crippen LogP contribution in [0.15, 0.2) is 36.4 Å². The molecule has 19 heavy (non-hydrogen) atoms. The minimum atomic E-state index is -0.417. The first-order valence-electron chi connectivity index (χ1n) is 5.76. The highest BCUT2D eigenvalue weighted by Crippen LogP contribution is 2.26. The van der Waals surface area contributed by atoms with E-state index in [4.69, 9.17) is 10.5 Å². The Kier molecular flexibility index (Phi) is 2.59. The van der Waals surface area contributed by atoms with Gasteiger partial charge in [-0.2, -0.15) is 0 Å². The third-order valence-corrected chi connectivity index (χ3v) is 2.93. The molecule has 0 aliphatic heterocycles. The summed E-state index contributed by atoms with van der Waals surface area (Å²) in [6.07, 6.45) is 0. The van der Waals surface area contributed by atoms with Crippen molar-refractivity contribution in [3.05, 3.63) is 42.2 Å². The molecule has 0 radical (unpaired) electrons. The second-order valence-electron chi connectivity index (χ2n) is 4.21. The average molecular weight is 257 g/mol. The van der Waals surface area contributed by atoms with E-state index in [0.717, 1.165) is 11.0 Å². The number of nitrogens with two attached hydrogens (primary N) is 1. The quantitative estimate of drug-likeness (QED) is 0.694. The van der Waals surface area contributed by atoms with Crippen molar-refractivity contribution in [2.45, 2.75) is 0 Å². The number of nitrogen functional groups attached to an aromatic ring is 1. The number of nitrogens with one attached hydrogen (secondary N) is 1. The molecule has 0 spiro atoms. The molecule has 0 atom stereocenters. The number of benzene rings is 2. The summed E-state index contributed by atoms with van der Waals surface area (Å²) >= 11 is 0. The van der Waals surface area contributed by atoms with Crippen LogP contribution in [0.4, 0.5) is 10.1 Å². The molecule has 5 heteroatoms. The number of H-pyrrole nitrogens is 1. The van der Waals surface area contributed by atoms with Crippen LogP contribution < -0.4 is 10.5 Å². The monoisotopic (exact) mass is 257 g/mol. The third-order valence-electron chi connectivity index (χ3n) is 2.93. The van der Waals surface area contributed by atoms with E-state index in [0.29, 0.717) is 17.1 Å². The van der Waals surface area contributed by atoms with Gasteiger partial charge in [0.2, 0.25) is 0 Å². The number of anilines is 1. The smallest absolute Gasteiger partial charge is 0.165 e. The SMILES string of the molecule is COc1ccc(-c2nc3ccc(N)cc3[nH]2)cc1F. The predicted molar refractivity (Wildman–Crippen MR) is 72.5 cm³/mol. The van der Waals surface area contributed by atoms with Crippen LogP contribution in [-0.2, 0) is 0 Å². The zero-order valence-corrected chi connectivity index (χ0v) is 10.3. The fourth-order valence-electron chi connectivity index (χ4n) is 1.98. The zero-order valence-electron chi connectivity index (χ0n) is 10.3. The molecule has 0 amide bonds. The van der Waals surface area contributed by atoms with Crippen LogP contribution in [0.25, 0.3) is 22.4 Å². The first-order valence-corrected chi connectivity index (χ1v) is 5.76.